The average molecular weight is 315 g/mol. The van der Waals surface area contributed by atoms with Gasteiger partial charge in [0.15, 0.2) is 11.6 Å². The molecule has 0 radical (unpaired) electrons. The number of nitrogens with zero attached hydrogens (tertiary/aromatic N) is 5. The van der Waals surface area contributed by atoms with E-state index < -0.39 is 5.95 Å². The van der Waals surface area contributed by atoms with Crippen LogP contribution < -0.4 is 11.1 Å². The van der Waals surface area contributed by atoms with Crippen LogP contribution in [0, 0.1) is 5.95 Å². The number of hydrogen-bond donors (Lipinski definition) is 3. The molecule has 116 valence electrons. The Morgan fingerprint density at radius 3 is 2.65 bits per heavy atom. The molecule has 3 aromatic rings. The van der Waals surface area contributed by atoms with Crippen molar-refractivity contribution in [2.24, 2.45) is 10.9 Å². The Morgan fingerprint density at radius 1 is 1.13 bits per heavy atom. The molecule has 3 aromatic heterocycles. The molecule has 0 amide bonds. The lowest BCUT2D eigenvalue weighted by atomic mass is 10.3. The zero-order valence-electron chi connectivity index (χ0n) is 11.5. The van der Waals surface area contributed by atoms with Gasteiger partial charge in [-0.05, 0) is 12.1 Å². The number of oxazole rings is 1. The Morgan fingerprint density at radius 2 is 2.00 bits per heavy atom. The number of pyridine rings is 1. The molecule has 4 N–H and O–H groups in total. The van der Waals surface area contributed by atoms with E-state index in [1.807, 2.05) is 0 Å². The summed E-state index contributed by atoms with van der Waals surface area (Å²) < 4.78 is 18.2. The largest absolute Gasteiger partial charge is 0.422 e. The van der Waals surface area contributed by atoms with Crippen LogP contribution in [0.1, 0.15) is 5.69 Å². The second-order valence-corrected chi connectivity index (χ2v) is 4.30. The molecule has 0 atom stereocenters. The van der Waals surface area contributed by atoms with Gasteiger partial charge in [0.05, 0.1) is 30.5 Å². The average Bonchev–Trinajstić information content (AvgIpc) is 3.04. The topological polar surface area (TPSA) is 135 Å². The van der Waals surface area contributed by atoms with Crippen molar-refractivity contribution in [1.82, 2.24) is 19.9 Å². The summed E-state index contributed by atoms with van der Waals surface area (Å²) in [5, 5.41) is 14.3. The van der Waals surface area contributed by atoms with Crippen LogP contribution in [0.25, 0.3) is 11.5 Å². The van der Waals surface area contributed by atoms with Crippen LogP contribution in [-0.4, -0.2) is 31.0 Å². The molecule has 0 aliphatic heterocycles. The first-order chi connectivity index (χ1) is 11.2. The number of halogens is 1. The molecule has 0 aromatic carbocycles. The van der Waals surface area contributed by atoms with Gasteiger partial charge >= 0.3 is 0 Å². The van der Waals surface area contributed by atoms with Gasteiger partial charge in [-0.25, -0.2) is 15.0 Å². The standard InChI is InChI=1S/C13H10FN7O2/c14-11-6-17-9(4-18-11)10-5-19-13(23-10)20-7-1-2-8(16-3-7)12(15)21-22/h1-6,22H,(H2,15,21)(H,19,20). The van der Waals surface area contributed by atoms with Crippen LogP contribution in [0.5, 0.6) is 0 Å². The van der Waals surface area contributed by atoms with Crippen molar-refractivity contribution in [3.63, 3.8) is 0 Å². The van der Waals surface area contributed by atoms with Gasteiger partial charge in [0.1, 0.15) is 11.4 Å². The van der Waals surface area contributed by atoms with E-state index in [4.69, 9.17) is 15.4 Å². The lowest BCUT2D eigenvalue weighted by Gasteiger charge is -2.02. The van der Waals surface area contributed by atoms with Gasteiger partial charge in [-0.15, -0.1) is 0 Å². The van der Waals surface area contributed by atoms with Crippen molar-refractivity contribution in [2.75, 3.05) is 5.32 Å². The third kappa shape index (κ3) is 3.20. The summed E-state index contributed by atoms with van der Waals surface area (Å²) in [4.78, 5) is 15.4. The summed E-state index contributed by atoms with van der Waals surface area (Å²) in [6, 6.07) is 3.42. The second-order valence-electron chi connectivity index (χ2n) is 4.30. The highest BCUT2D eigenvalue weighted by Crippen LogP contribution is 2.22. The number of rotatable bonds is 4. The van der Waals surface area contributed by atoms with E-state index in [1.165, 1.54) is 18.6 Å². The fraction of sp³-hybridized carbons (Fsp3) is 0. The summed E-state index contributed by atoms with van der Waals surface area (Å²) >= 11 is 0. The fourth-order valence-electron chi connectivity index (χ4n) is 1.68. The van der Waals surface area contributed by atoms with E-state index in [0.29, 0.717) is 22.8 Å². The Kier molecular flexibility index (Phi) is 3.78. The van der Waals surface area contributed by atoms with E-state index in [0.717, 1.165) is 6.20 Å². The van der Waals surface area contributed by atoms with Crippen LogP contribution >= 0.6 is 0 Å². The van der Waals surface area contributed by atoms with Crippen molar-refractivity contribution in [3.05, 3.63) is 48.6 Å². The first kappa shape index (κ1) is 14.4. The predicted octanol–water partition coefficient (Wildman–Crippen LogP) is 1.50. The van der Waals surface area contributed by atoms with E-state index in [2.05, 4.69) is 30.4 Å². The van der Waals surface area contributed by atoms with Crippen molar-refractivity contribution < 1.29 is 14.0 Å². The molecule has 23 heavy (non-hydrogen) atoms. The number of aromatic nitrogens is 4. The minimum absolute atomic E-state index is 0.0927. The Bertz CT molecular complexity index is 830. The monoisotopic (exact) mass is 315 g/mol. The van der Waals surface area contributed by atoms with Gasteiger partial charge in [0.25, 0.3) is 6.01 Å². The molecule has 3 heterocycles. The number of anilines is 2. The minimum atomic E-state index is -0.677. The van der Waals surface area contributed by atoms with Crippen LogP contribution in [-0.2, 0) is 0 Å². The Balaban J connectivity index is 1.75. The van der Waals surface area contributed by atoms with E-state index in [-0.39, 0.29) is 11.9 Å². The molecule has 3 rings (SSSR count). The van der Waals surface area contributed by atoms with E-state index in [9.17, 15) is 4.39 Å². The fourth-order valence-corrected chi connectivity index (χ4v) is 1.68. The molecule has 0 saturated carbocycles. The van der Waals surface area contributed by atoms with E-state index in [1.54, 1.807) is 12.1 Å². The van der Waals surface area contributed by atoms with E-state index >= 15 is 0 Å². The molecule has 10 heteroatoms. The van der Waals surface area contributed by atoms with Gasteiger partial charge in [0.2, 0.25) is 5.95 Å². The van der Waals surface area contributed by atoms with Crippen LogP contribution in [0.2, 0.25) is 0 Å². The van der Waals surface area contributed by atoms with Crippen LogP contribution in [0.15, 0.2) is 46.5 Å². The number of oxime groups is 1. The normalized spacial score (nSPS) is 11.4. The first-order valence-electron chi connectivity index (χ1n) is 6.30. The SMILES string of the molecule is N/C(=N/O)c1ccc(Nc2ncc(-c3cnc(F)cn3)o2)cn1. The molecular weight excluding hydrogens is 305 g/mol. The molecule has 0 aliphatic rings. The molecule has 0 fully saturated rings. The first-order valence-corrected chi connectivity index (χ1v) is 6.30. The third-order valence-electron chi connectivity index (χ3n) is 2.76. The van der Waals surface area contributed by atoms with Gasteiger partial charge < -0.3 is 20.7 Å². The maximum Gasteiger partial charge on any atom is 0.299 e. The molecule has 0 spiro atoms. The summed E-state index contributed by atoms with van der Waals surface area (Å²) in [5.41, 5.74) is 6.68. The zero-order chi connectivity index (χ0) is 16.2. The van der Waals surface area contributed by atoms with Gasteiger partial charge in [-0.1, -0.05) is 5.16 Å². The number of hydrogen-bond acceptors (Lipinski definition) is 8. The minimum Gasteiger partial charge on any atom is -0.422 e. The van der Waals surface area contributed by atoms with Crippen molar-refractivity contribution in [3.8, 4) is 11.5 Å². The highest BCUT2D eigenvalue weighted by molar-refractivity contribution is 5.95. The summed E-state index contributed by atoms with van der Waals surface area (Å²) in [6.45, 7) is 0. The Labute approximate surface area is 128 Å². The maximum absolute atomic E-state index is 12.7. The van der Waals surface area contributed by atoms with Crippen LogP contribution in [0.4, 0.5) is 16.1 Å². The van der Waals surface area contributed by atoms with Crippen molar-refractivity contribution >= 4 is 17.5 Å². The smallest absolute Gasteiger partial charge is 0.299 e. The lowest BCUT2D eigenvalue weighted by Crippen LogP contribution is -2.14. The summed E-state index contributed by atoms with van der Waals surface area (Å²) in [7, 11) is 0. The highest BCUT2D eigenvalue weighted by Gasteiger charge is 2.09. The van der Waals surface area contributed by atoms with Gasteiger partial charge in [-0.3, -0.25) is 4.98 Å². The predicted molar refractivity (Wildman–Crippen MR) is 77.5 cm³/mol. The summed E-state index contributed by atoms with van der Waals surface area (Å²) in [6.07, 6.45) is 5.13. The molecule has 0 aliphatic carbocycles. The molecular formula is C13H10FN7O2. The van der Waals surface area contributed by atoms with Gasteiger partial charge in [-0.2, -0.15) is 4.39 Å². The molecule has 0 saturated heterocycles. The Hall–Kier alpha value is -3.56. The van der Waals surface area contributed by atoms with Crippen LogP contribution in [0.3, 0.4) is 0 Å². The van der Waals surface area contributed by atoms with Gasteiger partial charge in [0, 0.05) is 0 Å². The zero-order valence-corrected chi connectivity index (χ0v) is 11.5. The molecule has 9 nitrogen and oxygen atoms in total. The highest BCUT2D eigenvalue weighted by atomic mass is 19.1. The van der Waals surface area contributed by atoms with Crippen molar-refractivity contribution in [2.45, 2.75) is 0 Å². The molecule has 0 bridgehead atoms. The molecule has 0 unspecified atom stereocenters. The number of amidine groups is 1. The second kappa shape index (κ2) is 6.05. The number of nitrogens with one attached hydrogen (secondary N) is 1. The maximum atomic E-state index is 12.7. The third-order valence-corrected chi connectivity index (χ3v) is 2.76. The number of nitrogens with two attached hydrogens (primary N) is 1. The van der Waals surface area contributed by atoms with Crippen molar-refractivity contribution in [1.29, 1.82) is 0 Å². The quantitative estimate of drug-likeness (QED) is 0.285. The summed E-state index contributed by atoms with van der Waals surface area (Å²) in [5.74, 6) is -0.436. The lowest BCUT2D eigenvalue weighted by molar-refractivity contribution is 0.318.